The number of carbonyl (C=O) groups excluding carboxylic acids is 1. The van der Waals surface area contributed by atoms with Crippen molar-refractivity contribution in [2.45, 2.75) is 5.51 Å². The molecule has 1 rings (SSSR count). The maximum absolute atomic E-state index is 11.9. The molecule has 96 valence electrons. The summed E-state index contributed by atoms with van der Waals surface area (Å²) in [5, 5.41) is -0.0817. The van der Waals surface area contributed by atoms with E-state index in [0.717, 1.165) is 12.3 Å². The lowest BCUT2D eigenvalue weighted by Crippen LogP contribution is -2.35. The van der Waals surface area contributed by atoms with E-state index in [1.807, 2.05) is 0 Å². The predicted molar refractivity (Wildman–Crippen MR) is 46.9 cm³/mol. The molecule has 10 heteroatoms. The molecule has 0 aliphatic carbocycles. The summed E-state index contributed by atoms with van der Waals surface area (Å²) < 4.78 is 65.0. The van der Waals surface area contributed by atoms with E-state index in [0.29, 0.717) is 7.05 Å². The Kier molecular flexibility index (Phi) is 3.48. The number of halogens is 3. The van der Waals surface area contributed by atoms with E-state index >= 15 is 0 Å². The van der Waals surface area contributed by atoms with Gasteiger partial charge in [0.2, 0.25) is 0 Å². The zero-order valence-electron chi connectivity index (χ0n) is 8.26. The van der Waals surface area contributed by atoms with Crippen LogP contribution >= 0.6 is 0 Å². The Balaban J connectivity index is 2.81. The van der Waals surface area contributed by atoms with Crippen molar-refractivity contribution in [1.82, 2.24) is 5.06 Å². The summed E-state index contributed by atoms with van der Waals surface area (Å²) in [5.41, 5.74) is -5.61. The maximum Gasteiger partial charge on any atom is 0.525 e. The van der Waals surface area contributed by atoms with Gasteiger partial charge in [-0.2, -0.15) is 26.7 Å². The van der Waals surface area contributed by atoms with Crippen LogP contribution in [0.15, 0.2) is 22.8 Å². The van der Waals surface area contributed by atoms with Crippen molar-refractivity contribution in [2.24, 2.45) is 0 Å². The van der Waals surface area contributed by atoms with Crippen LogP contribution in [0.25, 0.3) is 0 Å². The molecule has 6 nitrogen and oxygen atoms in total. The number of hydrogen-bond acceptors (Lipinski definition) is 5. The van der Waals surface area contributed by atoms with Crippen molar-refractivity contribution in [3.63, 3.8) is 0 Å². The number of rotatable bonds is 3. The molecule has 0 radical (unpaired) electrons. The molecule has 0 aliphatic heterocycles. The number of nitrogens with zero attached hydrogens (tertiary/aromatic N) is 1. The molecule has 0 saturated heterocycles. The van der Waals surface area contributed by atoms with Crippen molar-refractivity contribution in [3.8, 4) is 0 Å². The molecule has 17 heavy (non-hydrogen) atoms. The van der Waals surface area contributed by atoms with Gasteiger partial charge < -0.3 is 4.42 Å². The van der Waals surface area contributed by atoms with Crippen LogP contribution in [0.3, 0.4) is 0 Å². The molecule has 0 bridgehead atoms. The molecule has 0 saturated carbocycles. The summed E-state index contributed by atoms with van der Waals surface area (Å²) in [4.78, 5) is 11.3. The standard InChI is InChI=1S/C7H6F3NO5S/c1-11(6(12)5-3-2-4-15-5)16-17(13,14)7(8,9)10/h2-4H,1H3. The van der Waals surface area contributed by atoms with Gasteiger partial charge in [0.05, 0.1) is 6.26 Å². The van der Waals surface area contributed by atoms with Crippen molar-refractivity contribution < 1.29 is 35.1 Å². The molecular weight excluding hydrogens is 267 g/mol. The second-order valence-corrected chi connectivity index (χ2v) is 4.27. The van der Waals surface area contributed by atoms with E-state index < -0.39 is 21.5 Å². The topological polar surface area (TPSA) is 76.8 Å². The van der Waals surface area contributed by atoms with Gasteiger partial charge in [0.25, 0.3) is 0 Å². The molecule has 0 atom stereocenters. The lowest BCUT2D eigenvalue weighted by Gasteiger charge is -2.15. The zero-order chi connectivity index (χ0) is 13.3. The third kappa shape index (κ3) is 2.97. The third-order valence-corrected chi connectivity index (χ3v) is 2.50. The molecule has 1 aromatic rings. The van der Waals surface area contributed by atoms with Crippen molar-refractivity contribution in [3.05, 3.63) is 24.2 Å². The molecule has 0 aromatic carbocycles. The van der Waals surface area contributed by atoms with E-state index in [4.69, 9.17) is 0 Å². The van der Waals surface area contributed by atoms with Gasteiger partial charge in [-0.3, -0.25) is 4.79 Å². The minimum absolute atomic E-state index is 0.0817. The Morgan fingerprint density at radius 1 is 1.47 bits per heavy atom. The molecule has 1 heterocycles. The average Bonchev–Trinajstić information content (AvgIpc) is 2.66. The van der Waals surface area contributed by atoms with Crippen LogP contribution in [0.1, 0.15) is 10.6 Å². The molecule has 0 N–H and O–H groups in total. The van der Waals surface area contributed by atoms with Gasteiger partial charge in [-0.05, 0) is 12.1 Å². The SMILES string of the molecule is CN(OS(=O)(=O)C(F)(F)F)C(=O)c1ccco1. The summed E-state index contributed by atoms with van der Waals surface area (Å²) >= 11 is 0. The van der Waals surface area contributed by atoms with Gasteiger partial charge in [0.15, 0.2) is 5.76 Å². The molecule has 0 fully saturated rings. The number of amides is 1. The Hall–Kier alpha value is -1.55. The Morgan fingerprint density at radius 3 is 2.47 bits per heavy atom. The highest BCUT2D eigenvalue weighted by Gasteiger charge is 2.49. The Labute approximate surface area is 93.6 Å². The summed E-state index contributed by atoms with van der Waals surface area (Å²) in [6, 6.07) is 2.45. The second-order valence-electron chi connectivity index (χ2n) is 2.75. The normalized spacial score (nSPS) is 12.5. The fourth-order valence-corrected chi connectivity index (χ4v) is 1.23. The van der Waals surface area contributed by atoms with Gasteiger partial charge >= 0.3 is 21.5 Å². The summed E-state index contributed by atoms with van der Waals surface area (Å²) in [5.74, 6) is -1.52. The highest BCUT2D eigenvalue weighted by Crippen LogP contribution is 2.25. The number of hydrogen-bond donors (Lipinski definition) is 0. The maximum atomic E-state index is 11.9. The van der Waals surface area contributed by atoms with E-state index in [9.17, 15) is 26.4 Å². The monoisotopic (exact) mass is 273 g/mol. The first-order valence-electron chi connectivity index (χ1n) is 3.97. The number of carbonyl (C=O) groups is 1. The Morgan fingerprint density at radius 2 is 2.06 bits per heavy atom. The molecule has 1 amide bonds. The summed E-state index contributed by atoms with van der Waals surface area (Å²) in [7, 11) is -5.15. The quantitative estimate of drug-likeness (QED) is 0.609. The molecular formula is C7H6F3NO5S. The molecule has 0 spiro atoms. The fourth-order valence-electron chi connectivity index (χ4n) is 0.779. The summed E-state index contributed by atoms with van der Waals surface area (Å²) in [6.45, 7) is 0. The van der Waals surface area contributed by atoms with Crippen molar-refractivity contribution in [2.75, 3.05) is 7.05 Å². The van der Waals surface area contributed by atoms with E-state index in [2.05, 4.69) is 8.70 Å². The number of alkyl halides is 3. The van der Waals surface area contributed by atoms with Crippen LogP contribution in [0.5, 0.6) is 0 Å². The summed E-state index contributed by atoms with van der Waals surface area (Å²) in [6.07, 6.45) is 1.10. The molecule has 0 unspecified atom stereocenters. The van der Waals surface area contributed by atoms with E-state index in [-0.39, 0.29) is 10.8 Å². The lowest BCUT2D eigenvalue weighted by molar-refractivity contribution is -0.0792. The molecule has 0 aliphatic rings. The minimum atomic E-state index is -5.87. The van der Waals surface area contributed by atoms with Crippen LogP contribution < -0.4 is 0 Å². The van der Waals surface area contributed by atoms with Crippen LogP contribution in [-0.2, 0) is 14.4 Å². The van der Waals surface area contributed by atoms with Crippen molar-refractivity contribution in [1.29, 1.82) is 0 Å². The van der Waals surface area contributed by atoms with Gasteiger partial charge in [0, 0.05) is 7.05 Å². The van der Waals surface area contributed by atoms with Crippen LogP contribution in [0.4, 0.5) is 13.2 Å². The first-order chi connectivity index (χ1) is 7.65. The highest BCUT2D eigenvalue weighted by molar-refractivity contribution is 7.87. The van der Waals surface area contributed by atoms with Gasteiger partial charge in [-0.15, -0.1) is 4.28 Å². The van der Waals surface area contributed by atoms with Gasteiger partial charge in [0.1, 0.15) is 0 Å². The fraction of sp³-hybridized carbons (Fsp3) is 0.286. The number of furan rings is 1. The Bertz CT molecular complexity index is 492. The zero-order valence-corrected chi connectivity index (χ0v) is 9.08. The predicted octanol–water partition coefficient (Wildman–Crippen LogP) is 1.13. The van der Waals surface area contributed by atoms with E-state index in [1.165, 1.54) is 6.07 Å². The first kappa shape index (κ1) is 13.5. The van der Waals surface area contributed by atoms with Crippen LogP contribution in [0, 0.1) is 0 Å². The average molecular weight is 273 g/mol. The first-order valence-corrected chi connectivity index (χ1v) is 5.38. The molecule has 1 aromatic heterocycles. The van der Waals surface area contributed by atoms with Crippen LogP contribution in [0.2, 0.25) is 0 Å². The van der Waals surface area contributed by atoms with Crippen molar-refractivity contribution >= 4 is 16.0 Å². The highest BCUT2D eigenvalue weighted by atomic mass is 32.2. The van der Waals surface area contributed by atoms with Gasteiger partial charge in [-0.1, -0.05) is 0 Å². The van der Waals surface area contributed by atoms with Gasteiger partial charge in [-0.25, -0.2) is 0 Å². The third-order valence-electron chi connectivity index (χ3n) is 1.51. The minimum Gasteiger partial charge on any atom is -0.459 e. The smallest absolute Gasteiger partial charge is 0.459 e. The second kappa shape index (κ2) is 4.37. The largest absolute Gasteiger partial charge is 0.525 e. The van der Waals surface area contributed by atoms with Crippen LogP contribution in [-0.4, -0.2) is 31.9 Å². The number of hydroxylamine groups is 2. The lowest BCUT2D eigenvalue weighted by atomic mass is 10.4. The van der Waals surface area contributed by atoms with E-state index in [1.54, 1.807) is 0 Å².